The van der Waals surface area contributed by atoms with Crippen molar-refractivity contribution >= 4 is 0 Å². The van der Waals surface area contributed by atoms with E-state index >= 15 is 0 Å². The summed E-state index contributed by atoms with van der Waals surface area (Å²) in [5.41, 5.74) is 7.81. The Balaban J connectivity index is 2.36. The van der Waals surface area contributed by atoms with E-state index < -0.39 is 0 Å². The van der Waals surface area contributed by atoms with Crippen LogP contribution in [-0.2, 0) is 68.1 Å². The summed E-state index contributed by atoms with van der Waals surface area (Å²) in [6, 6.07) is 0. The van der Waals surface area contributed by atoms with Crippen LogP contribution in [0.3, 0.4) is 0 Å². The Hall–Kier alpha value is -2.61. The Bertz CT molecular complexity index is 912. The van der Waals surface area contributed by atoms with Crippen LogP contribution in [0.4, 0.5) is 0 Å². The maximum atomic E-state index is 5.89. The van der Waals surface area contributed by atoms with Gasteiger partial charge in [-0.2, -0.15) is 15.3 Å². The van der Waals surface area contributed by atoms with Crippen molar-refractivity contribution in [2.75, 3.05) is 39.6 Å². The molecule has 0 bridgehead atoms. The summed E-state index contributed by atoms with van der Waals surface area (Å²) in [7, 11) is 0. The summed E-state index contributed by atoms with van der Waals surface area (Å²) < 4.78 is 35.3. The number of nitrogens with zero attached hydrogens (tertiary/aromatic N) is 3. The molecule has 3 rings (SSSR count). The van der Waals surface area contributed by atoms with Gasteiger partial charge < -0.3 is 28.4 Å². The van der Waals surface area contributed by atoms with Gasteiger partial charge in [-0.15, -0.1) is 0 Å². The third kappa shape index (κ3) is 7.99. The van der Waals surface area contributed by atoms with Crippen LogP contribution in [0.5, 0.6) is 0 Å². The first kappa shape index (κ1) is 31.9. The minimum Gasteiger partial charge on any atom is -0.375 e. The number of H-pyrrole nitrogens is 3. The van der Waals surface area contributed by atoms with E-state index in [9.17, 15) is 0 Å². The normalized spacial score (nSPS) is 11.8. The number of hydrogen-bond acceptors (Lipinski definition) is 9. The van der Waals surface area contributed by atoms with Crippen LogP contribution < -0.4 is 0 Å². The monoisotopic (exact) mass is 562 g/mol. The van der Waals surface area contributed by atoms with Crippen molar-refractivity contribution in [2.45, 2.75) is 87.1 Å². The van der Waals surface area contributed by atoms with Crippen LogP contribution in [0.15, 0.2) is 0 Å². The number of aromatic nitrogens is 6. The highest BCUT2D eigenvalue weighted by Gasteiger charge is 2.35. The van der Waals surface area contributed by atoms with E-state index in [0.29, 0.717) is 79.3 Å². The molecule has 0 atom stereocenters. The Morgan fingerprint density at radius 1 is 0.425 bits per heavy atom. The minimum absolute atomic E-state index is 0.337. The van der Waals surface area contributed by atoms with E-state index in [-0.39, 0.29) is 5.92 Å². The van der Waals surface area contributed by atoms with Crippen LogP contribution in [-0.4, -0.2) is 70.2 Å². The molecule has 3 heterocycles. The van der Waals surface area contributed by atoms with E-state index in [4.69, 9.17) is 43.7 Å². The van der Waals surface area contributed by atoms with Crippen molar-refractivity contribution in [2.24, 2.45) is 0 Å². The lowest BCUT2D eigenvalue weighted by atomic mass is 9.81. The topological polar surface area (TPSA) is 141 Å². The molecular weight excluding hydrogens is 516 g/mol. The molecular formula is C28H46N6O6. The fourth-order valence-corrected chi connectivity index (χ4v) is 4.61. The zero-order chi connectivity index (χ0) is 28.7. The molecule has 224 valence electrons. The molecule has 40 heavy (non-hydrogen) atoms. The molecule has 3 aromatic rings. The van der Waals surface area contributed by atoms with Gasteiger partial charge in [-0.25, -0.2) is 0 Å². The van der Waals surface area contributed by atoms with E-state index in [2.05, 4.69) is 15.3 Å². The van der Waals surface area contributed by atoms with Gasteiger partial charge in [-0.1, -0.05) is 0 Å². The molecule has 12 heteroatoms. The summed E-state index contributed by atoms with van der Waals surface area (Å²) in [5, 5.41) is 23.8. The first-order chi connectivity index (χ1) is 19.6. The van der Waals surface area contributed by atoms with Gasteiger partial charge in [0.25, 0.3) is 0 Å². The second-order valence-electron chi connectivity index (χ2n) is 8.94. The average molecular weight is 563 g/mol. The van der Waals surface area contributed by atoms with E-state index in [1.54, 1.807) is 0 Å². The molecule has 0 amide bonds. The van der Waals surface area contributed by atoms with Gasteiger partial charge in [0.15, 0.2) is 0 Å². The number of nitrogens with one attached hydrogen (secondary N) is 3. The fourth-order valence-electron chi connectivity index (χ4n) is 4.61. The predicted molar refractivity (Wildman–Crippen MR) is 149 cm³/mol. The molecule has 0 unspecified atom stereocenters. The third-order valence-corrected chi connectivity index (χ3v) is 6.43. The van der Waals surface area contributed by atoms with Crippen LogP contribution in [0.25, 0.3) is 0 Å². The van der Waals surface area contributed by atoms with Gasteiger partial charge in [0.05, 0.1) is 73.8 Å². The van der Waals surface area contributed by atoms with Gasteiger partial charge in [-0.3, -0.25) is 15.3 Å². The smallest absolute Gasteiger partial charge is 0.0924 e. The Morgan fingerprint density at radius 2 is 0.675 bits per heavy atom. The molecule has 0 saturated carbocycles. The van der Waals surface area contributed by atoms with Crippen molar-refractivity contribution in [3.63, 3.8) is 0 Å². The molecule has 0 aliphatic carbocycles. The van der Waals surface area contributed by atoms with Crippen LogP contribution in [0.2, 0.25) is 0 Å². The van der Waals surface area contributed by atoms with Gasteiger partial charge >= 0.3 is 0 Å². The highest BCUT2D eigenvalue weighted by molar-refractivity contribution is 5.52. The maximum Gasteiger partial charge on any atom is 0.0924 e. The van der Waals surface area contributed by atoms with Gasteiger partial charge in [0, 0.05) is 62.2 Å². The largest absolute Gasteiger partial charge is 0.375 e. The standard InChI is InChI=1S/C28H46N6O6/c1-7-35-13-19-25(20(30-29-19)14-36-8-2)28(26-21(15-37-9-3)31-32-22(26)16-38-10-4)27-23(17-39-11-5)33-34-24(27)18-40-12-6/h28H,7-18H2,1-6H3,(H,29,30)(H,31,32)(H,33,34). The zero-order valence-corrected chi connectivity index (χ0v) is 24.9. The number of aromatic amines is 3. The summed E-state index contributed by atoms with van der Waals surface area (Å²) in [5.74, 6) is -0.362. The Labute approximate surface area is 236 Å². The first-order valence-electron chi connectivity index (χ1n) is 14.3. The second-order valence-corrected chi connectivity index (χ2v) is 8.94. The highest BCUT2D eigenvalue weighted by Crippen LogP contribution is 2.42. The van der Waals surface area contributed by atoms with Crippen LogP contribution in [0, 0.1) is 0 Å². The van der Waals surface area contributed by atoms with E-state index in [0.717, 1.165) is 50.9 Å². The van der Waals surface area contributed by atoms with Crippen molar-refractivity contribution in [1.82, 2.24) is 30.6 Å². The molecule has 0 aliphatic heterocycles. The predicted octanol–water partition coefficient (Wildman–Crippen LogP) is 4.26. The van der Waals surface area contributed by atoms with Gasteiger partial charge in [-0.05, 0) is 41.5 Å². The molecule has 0 saturated heterocycles. The SMILES string of the molecule is CCOCc1n[nH]c(COCC)c1C(c1c(COCC)n[nH]c1COCC)c1c(COCC)n[nH]c1COCC. The summed E-state index contributed by atoms with van der Waals surface area (Å²) in [4.78, 5) is 0. The zero-order valence-electron chi connectivity index (χ0n) is 24.9. The van der Waals surface area contributed by atoms with Crippen molar-refractivity contribution in [3.8, 4) is 0 Å². The number of rotatable bonds is 21. The molecule has 12 nitrogen and oxygen atoms in total. The van der Waals surface area contributed by atoms with Crippen LogP contribution in [0.1, 0.15) is 98.3 Å². The molecule has 0 fully saturated rings. The average Bonchev–Trinajstić information content (AvgIpc) is 3.68. The lowest BCUT2D eigenvalue weighted by molar-refractivity contribution is 0.125. The molecule has 0 aliphatic rings. The molecule has 0 radical (unpaired) electrons. The fraction of sp³-hybridized carbons (Fsp3) is 0.679. The Kier molecular flexibility index (Phi) is 13.8. The number of ether oxygens (including phenoxy) is 6. The maximum absolute atomic E-state index is 5.89. The van der Waals surface area contributed by atoms with Crippen molar-refractivity contribution < 1.29 is 28.4 Å². The molecule has 3 N–H and O–H groups in total. The molecule has 0 spiro atoms. The van der Waals surface area contributed by atoms with Crippen LogP contribution >= 0.6 is 0 Å². The van der Waals surface area contributed by atoms with Crippen molar-refractivity contribution in [3.05, 3.63) is 50.9 Å². The first-order valence-corrected chi connectivity index (χ1v) is 14.3. The summed E-state index contributed by atoms with van der Waals surface area (Å²) >= 11 is 0. The minimum atomic E-state index is -0.362. The summed E-state index contributed by atoms with van der Waals surface area (Å²) in [6.45, 7) is 17.3. The third-order valence-electron chi connectivity index (χ3n) is 6.43. The van der Waals surface area contributed by atoms with E-state index in [1.807, 2.05) is 41.5 Å². The van der Waals surface area contributed by atoms with Crippen molar-refractivity contribution in [1.29, 1.82) is 0 Å². The lowest BCUT2D eigenvalue weighted by Gasteiger charge is -2.23. The molecule has 3 aromatic heterocycles. The van der Waals surface area contributed by atoms with E-state index in [1.165, 1.54) is 0 Å². The molecule has 0 aromatic carbocycles. The van der Waals surface area contributed by atoms with Gasteiger partial charge in [0.1, 0.15) is 0 Å². The Morgan fingerprint density at radius 3 is 0.925 bits per heavy atom. The quantitative estimate of drug-likeness (QED) is 0.174. The van der Waals surface area contributed by atoms with Gasteiger partial charge in [0.2, 0.25) is 0 Å². The highest BCUT2D eigenvalue weighted by atomic mass is 16.5. The number of hydrogen-bond donors (Lipinski definition) is 3. The summed E-state index contributed by atoms with van der Waals surface area (Å²) in [6.07, 6.45) is 0. The second kappa shape index (κ2) is 17.3. The lowest BCUT2D eigenvalue weighted by Crippen LogP contribution is -2.16.